The molecule has 1 heteroatoms. The molecule has 0 fully saturated rings. The molecule has 0 aliphatic rings. The van der Waals surface area contributed by atoms with Crippen LogP contribution in [0, 0.1) is 47.9 Å². The highest BCUT2D eigenvalue weighted by molar-refractivity contribution is 7.49. The fourth-order valence-corrected chi connectivity index (χ4v) is 0.498. The highest BCUT2D eigenvalue weighted by Gasteiger charge is 1.60. The summed E-state index contributed by atoms with van der Waals surface area (Å²) >= 11 is 0. The van der Waals surface area contributed by atoms with E-state index in [4.69, 9.17) is 12.8 Å². The van der Waals surface area contributed by atoms with Crippen LogP contribution >= 0.6 is 8.58 Å². The molecule has 0 aliphatic carbocycles. The zero-order chi connectivity index (χ0) is 6.95. The molecule has 0 amide bonds. The maximum atomic E-state index is 4.84. The Hall–Kier alpha value is -1.33. The van der Waals surface area contributed by atoms with Crippen LogP contribution in [-0.4, -0.2) is 0 Å². The minimum Gasteiger partial charge on any atom is -0.106 e. The molecule has 0 aromatic heterocycles. The normalized spacial score (nSPS) is 4.22. The van der Waals surface area contributed by atoms with E-state index in [0.29, 0.717) is 0 Å². The third-order valence-corrected chi connectivity index (χ3v) is 0.894. The monoisotopic (exact) mass is 130 g/mol. The van der Waals surface area contributed by atoms with E-state index in [-0.39, 0.29) is 8.58 Å². The van der Waals surface area contributed by atoms with Crippen LogP contribution in [0.25, 0.3) is 0 Å². The van der Waals surface area contributed by atoms with Gasteiger partial charge in [0.15, 0.2) is 0 Å². The van der Waals surface area contributed by atoms with Crippen LogP contribution in [0.1, 0.15) is 0 Å². The van der Waals surface area contributed by atoms with Gasteiger partial charge in [0.1, 0.15) is 0 Å². The summed E-state index contributed by atoms with van der Waals surface area (Å²) in [6.45, 7) is 0. The predicted molar refractivity (Wildman–Crippen MR) is 41.5 cm³/mol. The lowest BCUT2D eigenvalue weighted by molar-refractivity contribution is 2.57. The number of terminal acetylenes is 2. The first-order valence-electron chi connectivity index (χ1n) is 2.08. The smallest absolute Gasteiger partial charge is 0.0381 e. The van der Waals surface area contributed by atoms with E-state index < -0.39 is 0 Å². The highest BCUT2D eigenvalue weighted by atomic mass is 31.1. The van der Waals surface area contributed by atoms with E-state index in [1.54, 1.807) is 0 Å². The molecule has 0 unspecified atom stereocenters. The van der Waals surface area contributed by atoms with Crippen molar-refractivity contribution < 1.29 is 0 Å². The summed E-state index contributed by atoms with van der Waals surface area (Å²) in [6, 6.07) is 0. The lowest BCUT2D eigenvalue weighted by Crippen LogP contribution is -1.43. The van der Waals surface area contributed by atoms with Gasteiger partial charge < -0.3 is 0 Å². The molecular formula is C8H3P. The molecule has 40 valence electrons. The molecule has 0 N–H and O–H groups in total. The Morgan fingerprint density at radius 2 is 1.33 bits per heavy atom. The summed E-state index contributed by atoms with van der Waals surface area (Å²) in [5.41, 5.74) is 5.28. The lowest BCUT2D eigenvalue weighted by atomic mass is 10.7. The second kappa shape index (κ2) is 6.67. The van der Waals surface area contributed by atoms with Crippen molar-refractivity contribution >= 4 is 8.58 Å². The molecule has 0 aliphatic heterocycles. The Balaban J connectivity index is 3.59. The summed E-state index contributed by atoms with van der Waals surface area (Å²) in [6.07, 6.45) is 9.67. The van der Waals surface area contributed by atoms with Crippen LogP contribution in [0.15, 0.2) is 0 Å². The van der Waals surface area contributed by atoms with Gasteiger partial charge in [-0.3, -0.25) is 0 Å². The van der Waals surface area contributed by atoms with Gasteiger partial charge in [-0.05, 0) is 23.7 Å². The molecule has 9 heavy (non-hydrogen) atoms. The molecular weight excluding hydrogens is 127 g/mol. The first-order chi connectivity index (χ1) is 4.41. The van der Waals surface area contributed by atoms with Crippen LogP contribution in [0.5, 0.6) is 0 Å². The molecule has 0 saturated carbocycles. The topological polar surface area (TPSA) is 0 Å². The quantitative estimate of drug-likeness (QED) is 0.337. The maximum absolute atomic E-state index is 4.84. The largest absolute Gasteiger partial charge is 0.106 e. The van der Waals surface area contributed by atoms with E-state index >= 15 is 0 Å². The lowest BCUT2D eigenvalue weighted by Gasteiger charge is -1.63. The van der Waals surface area contributed by atoms with Crippen molar-refractivity contribution in [2.75, 3.05) is 0 Å². The zero-order valence-electron chi connectivity index (χ0n) is 4.65. The van der Waals surface area contributed by atoms with E-state index in [2.05, 4.69) is 35.0 Å². The minimum atomic E-state index is 0.239. The summed E-state index contributed by atoms with van der Waals surface area (Å²) in [5.74, 6) is 9.19. The SMILES string of the molecule is C#CC#CPC#CC#C. The maximum Gasteiger partial charge on any atom is 0.0381 e. The number of hydrogen-bond acceptors (Lipinski definition) is 0. The van der Waals surface area contributed by atoms with Crippen LogP contribution in [0.3, 0.4) is 0 Å². The molecule has 0 spiro atoms. The van der Waals surface area contributed by atoms with Crippen LogP contribution in [0.2, 0.25) is 0 Å². The fourth-order valence-electron chi connectivity index (χ4n) is 0.166. The molecule has 0 rings (SSSR count). The zero-order valence-corrected chi connectivity index (χ0v) is 5.65. The average molecular weight is 130 g/mol. The Labute approximate surface area is 57.2 Å². The predicted octanol–water partition coefficient (Wildman–Crippen LogP) is 0.853. The Kier molecular flexibility index (Phi) is 5.68. The van der Waals surface area contributed by atoms with Gasteiger partial charge in [-0.1, -0.05) is 11.3 Å². The molecule has 0 heterocycles. The Morgan fingerprint density at radius 3 is 1.67 bits per heavy atom. The molecule has 0 aromatic rings. The first kappa shape index (κ1) is 7.67. The van der Waals surface area contributed by atoms with Crippen LogP contribution < -0.4 is 0 Å². The van der Waals surface area contributed by atoms with E-state index in [9.17, 15) is 0 Å². The molecule has 0 nitrogen and oxygen atoms in total. The van der Waals surface area contributed by atoms with Gasteiger partial charge in [0.05, 0.1) is 0 Å². The van der Waals surface area contributed by atoms with Gasteiger partial charge in [0.2, 0.25) is 0 Å². The third-order valence-electron chi connectivity index (χ3n) is 0.394. The second-order valence-corrected chi connectivity index (χ2v) is 1.66. The van der Waals surface area contributed by atoms with E-state index in [1.807, 2.05) is 0 Å². The van der Waals surface area contributed by atoms with Crippen LogP contribution in [0.4, 0.5) is 0 Å². The van der Waals surface area contributed by atoms with Crippen molar-refractivity contribution in [1.29, 1.82) is 0 Å². The summed E-state index contributed by atoms with van der Waals surface area (Å²) in [7, 11) is 0.239. The summed E-state index contributed by atoms with van der Waals surface area (Å²) in [5, 5.41) is 0. The van der Waals surface area contributed by atoms with Gasteiger partial charge in [0.25, 0.3) is 0 Å². The van der Waals surface area contributed by atoms with E-state index in [0.717, 1.165) is 0 Å². The molecule has 0 atom stereocenters. The third kappa shape index (κ3) is 6.67. The number of rotatable bonds is 0. The van der Waals surface area contributed by atoms with Gasteiger partial charge in [-0.25, -0.2) is 0 Å². The van der Waals surface area contributed by atoms with Crippen molar-refractivity contribution in [3.8, 4) is 47.9 Å². The Morgan fingerprint density at radius 1 is 0.889 bits per heavy atom. The molecule has 0 saturated heterocycles. The van der Waals surface area contributed by atoms with E-state index in [1.165, 1.54) is 0 Å². The van der Waals surface area contributed by atoms with Crippen molar-refractivity contribution in [2.45, 2.75) is 0 Å². The molecule has 0 aromatic carbocycles. The van der Waals surface area contributed by atoms with Gasteiger partial charge in [-0.2, -0.15) is 0 Å². The van der Waals surface area contributed by atoms with Gasteiger partial charge in [0, 0.05) is 8.58 Å². The molecule has 0 radical (unpaired) electrons. The molecule has 0 bridgehead atoms. The average Bonchev–Trinajstić information content (AvgIpc) is 1.89. The van der Waals surface area contributed by atoms with Gasteiger partial charge >= 0.3 is 0 Å². The summed E-state index contributed by atoms with van der Waals surface area (Å²) in [4.78, 5) is 0. The van der Waals surface area contributed by atoms with Crippen molar-refractivity contribution in [3.05, 3.63) is 0 Å². The second-order valence-electron chi connectivity index (χ2n) is 0.914. The highest BCUT2D eigenvalue weighted by Crippen LogP contribution is 2.00. The Bertz CT molecular complexity index is 234. The van der Waals surface area contributed by atoms with Crippen LogP contribution in [-0.2, 0) is 0 Å². The number of hydrogen-bond donors (Lipinski definition) is 0. The van der Waals surface area contributed by atoms with Crippen molar-refractivity contribution in [1.82, 2.24) is 0 Å². The standard InChI is InChI=1S/C8H3P/c1-3-5-7-9-8-6-4-2/h1-2,9H. The van der Waals surface area contributed by atoms with Crippen molar-refractivity contribution in [3.63, 3.8) is 0 Å². The minimum absolute atomic E-state index is 0.239. The van der Waals surface area contributed by atoms with Crippen molar-refractivity contribution in [2.24, 2.45) is 0 Å². The van der Waals surface area contributed by atoms with Gasteiger partial charge in [-0.15, -0.1) is 12.8 Å². The first-order valence-corrected chi connectivity index (χ1v) is 3.08. The summed E-state index contributed by atoms with van der Waals surface area (Å²) < 4.78 is 0. The fraction of sp³-hybridized carbons (Fsp3) is 0.